The van der Waals surface area contributed by atoms with Crippen molar-refractivity contribution in [2.45, 2.75) is 41.5 Å². The summed E-state index contributed by atoms with van der Waals surface area (Å²) in [6.07, 6.45) is 0. The topological polar surface area (TPSA) is 13.0 Å². The highest BCUT2D eigenvalue weighted by Crippen LogP contribution is 2.02. The molecule has 0 aliphatic carbocycles. The van der Waals surface area contributed by atoms with E-state index in [-0.39, 0.29) is 0 Å². The maximum atomic E-state index is 2.52. The molecule has 0 rings (SSSR count). The molecule has 0 aromatic carbocycles. The summed E-state index contributed by atoms with van der Waals surface area (Å²) in [7, 11) is 4.45. The van der Waals surface area contributed by atoms with Gasteiger partial charge in [0, 0.05) is 13.1 Å². The monoisotopic (exact) mass is 300 g/mol. The maximum Gasteiger partial charge on any atom is 0.0529 e. The van der Waals surface area contributed by atoms with Crippen molar-refractivity contribution in [2.24, 2.45) is 11.8 Å². The first-order valence-corrected chi connectivity index (χ1v) is 8.60. The van der Waals surface area contributed by atoms with E-state index in [0.717, 1.165) is 58.0 Å². The summed E-state index contributed by atoms with van der Waals surface area (Å²) in [5, 5.41) is 0. The van der Waals surface area contributed by atoms with E-state index in [2.05, 4.69) is 75.2 Å². The molecule has 0 aliphatic heterocycles. The Bertz CT molecular complexity index is 219. The molecule has 0 amide bonds. The molecule has 0 unspecified atom stereocenters. The lowest BCUT2D eigenvalue weighted by molar-refractivity contribution is 0.0516. The van der Waals surface area contributed by atoms with Gasteiger partial charge < -0.3 is 0 Å². The Hall–Kier alpha value is -0.160. The molecule has 4 heteroatoms. The predicted octanol–water partition coefficient (Wildman–Crippen LogP) is 2.68. The highest BCUT2D eigenvalue weighted by Gasteiger charge is 2.13. The van der Waals surface area contributed by atoms with Crippen LogP contribution in [0.15, 0.2) is 0 Å². The Morgan fingerprint density at radius 2 is 0.952 bits per heavy atom. The summed E-state index contributed by atoms with van der Waals surface area (Å²) in [6.45, 7) is 21.3. The molecule has 0 saturated heterocycles. The molecule has 0 spiro atoms. The van der Waals surface area contributed by atoms with Gasteiger partial charge in [-0.2, -0.15) is 0 Å². The largest absolute Gasteiger partial charge is 0.293 e. The Morgan fingerprint density at radius 1 is 0.619 bits per heavy atom. The summed E-state index contributed by atoms with van der Waals surface area (Å²) in [4.78, 5) is 9.91. The van der Waals surface area contributed by atoms with Crippen molar-refractivity contribution < 1.29 is 0 Å². The summed E-state index contributed by atoms with van der Waals surface area (Å²) in [5.74, 6) is 1.46. The molecule has 21 heavy (non-hydrogen) atoms. The molecule has 0 radical (unpaired) electrons. The number of nitrogens with zero attached hydrogens (tertiary/aromatic N) is 4. The van der Waals surface area contributed by atoms with E-state index in [1.165, 1.54) is 0 Å². The average molecular weight is 301 g/mol. The molecule has 0 N–H and O–H groups in total. The zero-order chi connectivity index (χ0) is 16.4. The highest BCUT2D eigenvalue weighted by molar-refractivity contribution is 4.62. The third-order valence-corrected chi connectivity index (χ3v) is 3.53. The zero-order valence-corrected chi connectivity index (χ0v) is 15.9. The van der Waals surface area contributed by atoms with Crippen molar-refractivity contribution >= 4 is 0 Å². The molecule has 4 nitrogen and oxygen atoms in total. The van der Waals surface area contributed by atoms with Crippen molar-refractivity contribution in [3.8, 4) is 0 Å². The van der Waals surface area contributed by atoms with Crippen LogP contribution in [0.2, 0.25) is 0 Å². The van der Waals surface area contributed by atoms with E-state index < -0.39 is 0 Å². The van der Waals surface area contributed by atoms with Crippen LogP contribution in [-0.2, 0) is 0 Å². The molecule has 0 aliphatic rings. The van der Waals surface area contributed by atoms with E-state index in [4.69, 9.17) is 0 Å². The number of hydrogen-bond acceptors (Lipinski definition) is 4. The van der Waals surface area contributed by atoms with Crippen molar-refractivity contribution in [3.05, 3.63) is 0 Å². The molecule has 0 heterocycles. The van der Waals surface area contributed by atoms with Crippen LogP contribution in [0.4, 0.5) is 0 Å². The second-order valence-electron chi connectivity index (χ2n) is 7.26. The molecular formula is C17H40N4. The van der Waals surface area contributed by atoms with Gasteiger partial charge in [-0.1, -0.05) is 41.5 Å². The van der Waals surface area contributed by atoms with E-state index in [1.54, 1.807) is 0 Å². The van der Waals surface area contributed by atoms with Crippen LogP contribution in [0, 0.1) is 11.8 Å². The predicted molar refractivity (Wildman–Crippen MR) is 94.3 cm³/mol. The van der Waals surface area contributed by atoms with Crippen LogP contribution < -0.4 is 0 Å². The quantitative estimate of drug-likeness (QED) is 0.514. The van der Waals surface area contributed by atoms with Crippen molar-refractivity contribution in [2.75, 3.05) is 60.3 Å². The fourth-order valence-electron chi connectivity index (χ4n) is 2.82. The van der Waals surface area contributed by atoms with E-state index in [0.29, 0.717) is 0 Å². The van der Waals surface area contributed by atoms with E-state index in [1.807, 2.05) is 0 Å². The van der Waals surface area contributed by atoms with Gasteiger partial charge in [0.2, 0.25) is 0 Å². The fourth-order valence-corrected chi connectivity index (χ4v) is 2.82. The van der Waals surface area contributed by atoms with E-state index >= 15 is 0 Å². The van der Waals surface area contributed by atoms with Crippen LogP contribution in [0.5, 0.6) is 0 Å². The SMILES string of the molecule is CCN(CN(C)CC(C)C)CN(CC)CN(C)CC(C)C. The van der Waals surface area contributed by atoms with Crippen LogP contribution in [0.25, 0.3) is 0 Å². The second kappa shape index (κ2) is 11.4. The molecule has 0 aromatic heterocycles. The molecular weight excluding hydrogens is 260 g/mol. The van der Waals surface area contributed by atoms with Crippen LogP contribution in [-0.4, -0.2) is 79.9 Å². The minimum Gasteiger partial charge on any atom is -0.293 e. The van der Waals surface area contributed by atoms with Gasteiger partial charge in [0.1, 0.15) is 0 Å². The minimum absolute atomic E-state index is 0.730. The second-order valence-corrected chi connectivity index (χ2v) is 7.26. The molecule has 0 aromatic rings. The van der Waals surface area contributed by atoms with Gasteiger partial charge in [0.15, 0.2) is 0 Å². The molecule has 0 atom stereocenters. The van der Waals surface area contributed by atoms with Gasteiger partial charge >= 0.3 is 0 Å². The molecule has 0 bridgehead atoms. The first kappa shape index (κ1) is 20.8. The zero-order valence-electron chi connectivity index (χ0n) is 15.9. The summed E-state index contributed by atoms with van der Waals surface area (Å²) < 4.78 is 0. The summed E-state index contributed by atoms with van der Waals surface area (Å²) in [6, 6.07) is 0. The number of rotatable bonds is 12. The van der Waals surface area contributed by atoms with Crippen molar-refractivity contribution in [1.82, 2.24) is 19.6 Å². The average Bonchev–Trinajstić information content (AvgIpc) is 2.34. The lowest BCUT2D eigenvalue weighted by Crippen LogP contribution is -2.47. The van der Waals surface area contributed by atoms with Gasteiger partial charge in [0.05, 0.1) is 20.0 Å². The smallest absolute Gasteiger partial charge is 0.0529 e. The molecule has 128 valence electrons. The molecule has 0 saturated carbocycles. The normalized spacial score (nSPS) is 12.9. The van der Waals surface area contributed by atoms with Crippen molar-refractivity contribution in [1.29, 1.82) is 0 Å². The van der Waals surface area contributed by atoms with Gasteiger partial charge in [-0.25, -0.2) is 0 Å². The first-order chi connectivity index (χ1) is 9.78. The highest BCUT2D eigenvalue weighted by atomic mass is 15.4. The minimum atomic E-state index is 0.730. The third-order valence-electron chi connectivity index (χ3n) is 3.53. The third kappa shape index (κ3) is 11.1. The Balaban J connectivity index is 4.27. The van der Waals surface area contributed by atoms with Crippen LogP contribution >= 0.6 is 0 Å². The van der Waals surface area contributed by atoms with E-state index in [9.17, 15) is 0 Å². The standard InChI is InChI=1S/C17H40N4/c1-9-20(13-18(7)11-16(3)4)15-21(10-2)14-19(8)12-17(5)6/h16-17H,9-15H2,1-8H3. The van der Waals surface area contributed by atoms with Crippen LogP contribution in [0.3, 0.4) is 0 Å². The van der Waals surface area contributed by atoms with Crippen molar-refractivity contribution in [3.63, 3.8) is 0 Å². The summed E-state index contributed by atoms with van der Waals surface area (Å²) in [5.41, 5.74) is 0. The summed E-state index contributed by atoms with van der Waals surface area (Å²) >= 11 is 0. The lowest BCUT2D eigenvalue weighted by Gasteiger charge is -2.34. The van der Waals surface area contributed by atoms with Crippen LogP contribution in [0.1, 0.15) is 41.5 Å². The van der Waals surface area contributed by atoms with Gasteiger partial charge in [-0.15, -0.1) is 0 Å². The number of hydrogen-bond donors (Lipinski definition) is 0. The lowest BCUT2D eigenvalue weighted by atomic mass is 10.2. The Morgan fingerprint density at radius 3 is 1.19 bits per heavy atom. The van der Waals surface area contributed by atoms with Gasteiger partial charge in [0.25, 0.3) is 0 Å². The van der Waals surface area contributed by atoms with Gasteiger partial charge in [-0.05, 0) is 39.0 Å². The Labute approximate surface area is 134 Å². The first-order valence-electron chi connectivity index (χ1n) is 8.60. The van der Waals surface area contributed by atoms with Gasteiger partial charge in [-0.3, -0.25) is 19.6 Å². The fraction of sp³-hybridized carbons (Fsp3) is 1.00. The molecule has 0 fully saturated rings. The Kier molecular flexibility index (Phi) is 11.3. The maximum absolute atomic E-state index is 2.52.